The van der Waals surface area contributed by atoms with Gasteiger partial charge in [0.15, 0.2) is 0 Å². The van der Waals surface area contributed by atoms with Crippen molar-refractivity contribution in [3.05, 3.63) is 71.0 Å². The fourth-order valence-electron chi connectivity index (χ4n) is 2.94. The summed E-state index contributed by atoms with van der Waals surface area (Å²) in [7, 11) is -4.01. The number of hydrogen-bond acceptors (Lipinski definition) is 4. The zero-order chi connectivity index (χ0) is 20.3. The highest BCUT2D eigenvalue weighted by molar-refractivity contribution is 7.91. The number of sulfone groups is 1. The second-order valence-corrected chi connectivity index (χ2v) is 8.57. The Hall–Kier alpha value is -2.93. The van der Waals surface area contributed by atoms with Crippen molar-refractivity contribution in [3.8, 4) is 0 Å². The number of fused-ring (bicyclic) bond motifs is 1. The minimum Gasteiger partial charge on any atom is -0.352 e. The molecule has 3 aromatic rings. The molecule has 7 heteroatoms. The number of pyridine rings is 1. The molecule has 28 heavy (non-hydrogen) atoms. The normalized spacial score (nSPS) is 12.6. The molecule has 2 aromatic carbocycles. The van der Waals surface area contributed by atoms with Crippen LogP contribution in [0, 0.1) is 0 Å². The second kappa shape index (κ2) is 7.98. The van der Waals surface area contributed by atoms with E-state index in [1.165, 1.54) is 22.8 Å². The van der Waals surface area contributed by atoms with E-state index >= 15 is 0 Å². The molecule has 1 heterocycles. The molecule has 0 aliphatic heterocycles. The number of benzene rings is 2. The highest BCUT2D eigenvalue weighted by Crippen LogP contribution is 2.21. The molecule has 0 spiro atoms. The summed E-state index contributed by atoms with van der Waals surface area (Å²) in [6.07, 6.45) is 0.754. The van der Waals surface area contributed by atoms with Crippen molar-refractivity contribution in [1.82, 2.24) is 9.88 Å². The van der Waals surface area contributed by atoms with E-state index in [4.69, 9.17) is 0 Å². The highest BCUT2D eigenvalue weighted by Gasteiger charge is 2.24. The number of rotatable bonds is 6. The summed E-state index contributed by atoms with van der Waals surface area (Å²) in [4.78, 5) is 25.2. The minimum atomic E-state index is -4.01. The number of carbonyl (C=O) groups is 1. The van der Waals surface area contributed by atoms with Crippen molar-refractivity contribution in [3.63, 3.8) is 0 Å². The molecule has 1 N–H and O–H groups in total. The molecule has 0 aliphatic carbocycles. The average Bonchev–Trinajstić information content (AvgIpc) is 2.70. The first-order valence-corrected chi connectivity index (χ1v) is 10.5. The molecule has 6 nitrogen and oxygen atoms in total. The Kier molecular flexibility index (Phi) is 5.65. The van der Waals surface area contributed by atoms with Crippen LogP contribution in [0.4, 0.5) is 0 Å². The SMILES string of the molecule is CC[C@H](C)NC(=O)Cn1c(=O)c(S(=O)(=O)c2ccccc2)cc2ccccc21. The number of amides is 1. The molecule has 0 saturated carbocycles. The van der Waals surface area contributed by atoms with Crippen LogP contribution in [0.1, 0.15) is 20.3 Å². The second-order valence-electron chi connectivity index (χ2n) is 6.65. The molecule has 146 valence electrons. The van der Waals surface area contributed by atoms with E-state index in [9.17, 15) is 18.0 Å². The third-order valence-electron chi connectivity index (χ3n) is 4.63. The van der Waals surface area contributed by atoms with Crippen LogP contribution >= 0.6 is 0 Å². The van der Waals surface area contributed by atoms with Crippen molar-refractivity contribution >= 4 is 26.6 Å². The third-order valence-corrected chi connectivity index (χ3v) is 6.40. The van der Waals surface area contributed by atoms with Crippen LogP contribution in [-0.2, 0) is 21.2 Å². The van der Waals surface area contributed by atoms with Crippen LogP contribution in [0.5, 0.6) is 0 Å². The number of aromatic nitrogens is 1. The summed E-state index contributed by atoms with van der Waals surface area (Å²) in [5, 5.41) is 3.39. The van der Waals surface area contributed by atoms with Gasteiger partial charge < -0.3 is 5.32 Å². The Balaban J connectivity index is 2.18. The predicted octanol–water partition coefficient (Wildman–Crippen LogP) is 2.75. The van der Waals surface area contributed by atoms with Gasteiger partial charge in [-0.05, 0) is 43.0 Å². The van der Waals surface area contributed by atoms with E-state index in [1.54, 1.807) is 42.5 Å². The first-order chi connectivity index (χ1) is 13.3. The van der Waals surface area contributed by atoms with Gasteiger partial charge >= 0.3 is 0 Å². The fourth-order valence-corrected chi connectivity index (χ4v) is 4.33. The molecule has 1 amide bonds. The van der Waals surface area contributed by atoms with Gasteiger partial charge in [-0.2, -0.15) is 0 Å². The first-order valence-electron chi connectivity index (χ1n) is 9.06. The lowest BCUT2D eigenvalue weighted by atomic mass is 10.2. The number of carbonyl (C=O) groups excluding carboxylic acids is 1. The van der Waals surface area contributed by atoms with Crippen LogP contribution in [0.15, 0.2) is 75.2 Å². The summed E-state index contributed by atoms with van der Waals surface area (Å²) < 4.78 is 27.3. The van der Waals surface area contributed by atoms with Crippen LogP contribution in [0.2, 0.25) is 0 Å². The van der Waals surface area contributed by atoms with Crippen LogP contribution in [0.3, 0.4) is 0 Å². The summed E-state index contributed by atoms with van der Waals surface area (Å²) in [5.41, 5.74) is -0.194. The number of para-hydroxylation sites is 1. The minimum absolute atomic E-state index is 0.0364. The number of nitrogens with zero attached hydrogens (tertiary/aromatic N) is 1. The van der Waals surface area contributed by atoms with Gasteiger partial charge in [-0.3, -0.25) is 14.2 Å². The smallest absolute Gasteiger partial charge is 0.270 e. The summed E-state index contributed by atoms with van der Waals surface area (Å²) in [6, 6.07) is 16.1. The maximum Gasteiger partial charge on any atom is 0.270 e. The number of hydrogen-bond donors (Lipinski definition) is 1. The Morgan fingerprint density at radius 2 is 1.71 bits per heavy atom. The summed E-state index contributed by atoms with van der Waals surface area (Å²) >= 11 is 0. The summed E-state index contributed by atoms with van der Waals surface area (Å²) in [6.45, 7) is 3.57. The van der Waals surface area contributed by atoms with Crippen LogP contribution < -0.4 is 10.9 Å². The van der Waals surface area contributed by atoms with Crippen molar-refractivity contribution in [2.75, 3.05) is 0 Å². The standard InChI is InChI=1S/C21H22N2O4S/c1-3-15(2)22-20(24)14-23-18-12-8-7-9-16(18)13-19(21(23)25)28(26,27)17-10-5-4-6-11-17/h4-13,15H,3,14H2,1-2H3,(H,22,24)/t15-/m0/s1. The van der Waals surface area contributed by atoms with E-state index in [2.05, 4.69) is 5.32 Å². The molecule has 0 saturated heterocycles. The maximum atomic E-state index is 13.1. The van der Waals surface area contributed by atoms with Crippen LogP contribution in [0.25, 0.3) is 10.9 Å². The molecule has 0 radical (unpaired) electrons. The maximum absolute atomic E-state index is 13.1. The van der Waals surface area contributed by atoms with Crippen molar-refractivity contribution in [2.24, 2.45) is 0 Å². The lowest BCUT2D eigenvalue weighted by Gasteiger charge is -2.15. The van der Waals surface area contributed by atoms with Crippen LogP contribution in [-0.4, -0.2) is 24.9 Å². The fraction of sp³-hybridized carbons (Fsp3) is 0.238. The Morgan fingerprint density at radius 1 is 1.07 bits per heavy atom. The van der Waals surface area contributed by atoms with Crippen molar-refractivity contribution < 1.29 is 13.2 Å². The first kappa shape index (κ1) is 19.8. The lowest BCUT2D eigenvalue weighted by Crippen LogP contribution is -2.38. The number of nitrogens with one attached hydrogen (secondary N) is 1. The molecule has 1 atom stereocenters. The molecule has 1 aromatic heterocycles. The Morgan fingerprint density at radius 3 is 2.39 bits per heavy atom. The van der Waals surface area contributed by atoms with Gasteiger partial charge in [-0.25, -0.2) is 8.42 Å². The van der Waals surface area contributed by atoms with E-state index in [-0.39, 0.29) is 28.3 Å². The van der Waals surface area contributed by atoms with Crippen molar-refractivity contribution in [1.29, 1.82) is 0 Å². The summed E-state index contributed by atoms with van der Waals surface area (Å²) in [5.74, 6) is -0.337. The molecule has 0 aliphatic rings. The molecule has 0 bridgehead atoms. The van der Waals surface area contributed by atoms with Gasteiger partial charge in [-0.15, -0.1) is 0 Å². The van der Waals surface area contributed by atoms with Gasteiger partial charge in [0.05, 0.1) is 10.4 Å². The van der Waals surface area contributed by atoms with Gasteiger partial charge in [0.25, 0.3) is 5.56 Å². The molecular formula is C21H22N2O4S. The third kappa shape index (κ3) is 3.84. The average molecular weight is 398 g/mol. The van der Waals surface area contributed by atoms with Gasteiger partial charge in [0, 0.05) is 6.04 Å². The topological polar surface area (TPSA) is 85.2 Å². The van der Waals surface area contributed by atoms with Crippen molar-refractivity contribution in [2.45, 2.75) is 42.6 Å². The zero-order valence-electron chi connectivity index (χ0n) is 15.8. The van der Waals surface area contributed by atoms with E-state index in [0.29, 0.717) is 10.9 Å². The molecule has 0 unspecified atom stereocenters. The molecular weight excluding hydrogens is 376 g/mol. The molecule has 0 fully saturated rings. The Bertz CT molecular complexity index is 1170. The lowest BCUT2D eigenvalue weighted by molar-refractivity contribution is -0.122. The van der Waals surface area contributed by atoms with Gasteiger partial charge in [0.2, 0.25) is 15.7 Å². The van der Waals surface area contributed by atoms with Gasteiger partial charge in [0.1, 0.15) is 11.4 Å². The molecule has 3 rings (SSSR count). The van der Waals surface area contributed by atoms with E-state index < -0.39 is 15.4 Å². The monoisotopic (exact) mass is 398 g/mol. The quantitative estimate of drug-likeness (QED) is 0.692. The van der Waals surface area contributed by atoms with E-state index in [0.717, 1.165) is 6.42 Å². The zero-order valence-corrected chi connectivity index (χ0v) is 16.6. The predicted molar refractivity (Wildman–Crippen MR) is 108 cm³/mol. The largest absolute Gasteiger partial charge is 0.352 e. The Labute approximate surface area is 163 Å². The highest BCUT2D eigenvalue weighted by atomic mass is 32.2. The van der Waals surface area contributed by atoms with Gasteiger partial charge in [-0.1, -0.05) is 43.3 Å². The van der Waals surface area contributed by atoms with E-state index in [1.807, 2.05) is 13.8 Å².